The first-order valence-corrected chi connectivity index (χ1v) is 5.81. The Morgan fingerprint density at radius 3 is 2.28 bits per heavy atom. The third kappa shape index (κ3) is 2.54. The van der Waals surface area contributed by atoms with Gasteiger partial charge in [-0.25, -0.2) is 9.97 Å². The summed E-state index contributed by atoms with van der Waals surface area (Å²) in [4.78, 5) is 8.43. The molecule has 0 aliphatic rings. The zero-order valence-corrected chi connectivity index (χ0v) is 11.2. The highest BCUT2D eigenvalue weighted by molar-refractivity contribution is 6.30. The lowest BCUT2D eigenvalue weighted by Crippen LogP contribution is -1.98. The van der Waals surface area contributed by atoms with Gasteiger partial charge in [-0.2, -0.15) is 0 Å². The third-order valence-electron chi connectivity index (χ3n) is 2.51. The molecule has 0 aliphatic carbocycles. The van der Waals surface area contributed by atoms with Gasteiger partial charge in [0.1, 0.15) is 0 Å². The Bertz CT molecular complexity index is 573. The molecule has 0 unspecified atom stereocenters. The van der Waals surface area contributed by atoms with Crippen LogP contribution in [0.5, 0.6) is 17.4 Å². The highest BCUT2D eigenvalue weighted by Crippen LogP contribution is 2.32. The van der Waals surface area contributed by atoms with E-state index >= 15 is 0 Å². The van der Waals surface area contributed by atoms with Crippen molar-refractivity contribution in [2.24, 2.45) is 0 Å². The van der Waals surface area contributed by atoms with Gasteiger partial charge in [0, 0.05) is 0 Å². The van der Waals surface area contributed by atoms with Gasteiger partial charge < -0.3 is 9.47 Å². The van der Waals surface area contributed by atoms with Gasteiger partial charge in [-0.05, 0) is 26.0 Å². The molecule has 2 rings (SSSR count). The smallest absolute Gasteiger partial charge is 0.258 e. The number of halogens is 1. The quantitative estimate of drug-likeness (QED) is 0.850. The Labute approximate surface area is 111 Å². The van der Waals surface area contributed by atoms with E-state index in [9.17, 15) is 0 Å². The second-order valence-electron chi connectivity index (χ2n) is 3.74. The summed E-state index contributed by atoms with van der Waals surface area (Å²) in [6, 6.07) is 7.29. The fourth-order valence-electron chi connectivity index (χ4n) is 1.43. The second kappa shape index (κ2) is 5.23. The molecule has 0 atom stereocenters. The van der Waals surface area contributed by atoms with Gasteiger partial charge in [-0.3, -0.25) is 0 Å². The molecule has 0 amide bonds. The van der Waals surface area contributed by atoms with Crippen molar-refractivity contribution in [3.05, 3.63) is 40.8 Å². The van der Waals surface area contributed by atoms with Crippen molar-refractivity contribution in [3.8, 4) is 17.4 Å². The number of hydrogen-bond acceptors (Lipinski definition) is 4. The zero-order valence-electron chi connectivity index (χ0n) is 10.4. The van der Waals surface area contributed by atoms with E-state index < -0.39 is 0 Å². The third-order valence-corrected chi connectivity index (χ3v) is 2.76. The van der Waals surface area contributed by atoms with Crippen molar-refractivity contribution in [3.63, 3.8) is 0 Å². The number of hydrogen-bond donors (Lipinski definition) is 0. The minimum absolute atomic E-state index is 0.240. The lowest BCUT2D eigenvalue weighted by molar-refractivity contribution is 0.373. The van der Waals surface area contributed by atoms with Crippen LogP contribution in [-0.4, -0.2) is 17.1 Å². The summed E-state index contributed by atoms with van der Waals surface area (Å²) < 4.78 is 10.8. The number of aromatic nitrogens is 2. The topological polar surface area (TPSA) is 44.2 Å². The van der Waals surface area contributed by atoms with E-state index in [1.165, 1.54) is 0 Å². The Morgan fingerprint density at radius 1 is 1.00 bits per heavy atom. The number of rotatable bonds is 3. The van der Waals surface area contributed by atoms with Crippen LogP contribution in [0.4, 0.5) is 0 Å². The maximum Gasteiger partial charge on any atom is 0.258 e. The average molecular weight is 265 g/mol. The van der Waals surface area contributed by atoms with Crippen LogP contribution in [0.1, 0.15) is 11.4 Å². The summed E-state index contributed by atoms with van der Waals surface area (Å²) in [6.07, 6.45) is 0. The van der Waals surface area contributed by atoms with Crippen LogP contribution >= 0.6 is 11.6 Å². The molecule has 4 nitrogen and oxygen atoms in total. The average Bonchev–Trinajstić information content (AvgIpc) is 2.36. The Kier molecular flexibility index (Phi) is 3.67. The summed E-state index contributed by atoms with van der Waals surface area (Å²) in [7, 11) is 1.58. The molecule has 0 aliphatic heterocycles. The van der Waals surface area contributed by atoms with Gasteiger partial charge in [-0.1, -0.05) is 23.7 Å². The lowest BCUT2D eigenvalue weighted by atomic mass is 10.3. The van der Waals surface area contributed by atoms with Gasteiger partial charge in [0.15, 0.2) is 16.7 Å². The molecule has 5 heteroatoms. The number of aryl methyl sites for hydroxylation is 2. The number of nitrogens with zero attached hydrogens (tertiary/aromatic N) is 2. The number of ether oxygens (including phenoxy) is 2. The summed E-state index contributed by atoms with van der Waals surface area (Å²) in [5, 5.41) is 0.240. The molecule has 0 saturated carbocycles. The van der Waals surface area contributed by atoms with Gasteiger partial charge >= 0.3 is 0 Å². The molecule has 0 saturated heterocycles. The summed E-state index contributed by atoms with van der Waals surface area (Å²) in [5.41, 5.74) is 1.57. The Balaban J connectivity index is 2.37. The summed E-state index contributed by atoms with van der Waals surface area (Å²) in [6.45, 7) is 3.70. The van der Waals surface area contributed by atoms with Crippen molar-refractivity contribution in [2.75, 3.05) is 7.11 Å². The van der Waals surface area contributed by atoms with Crippen molar-refractivity contribution in [1.82, 2.24) is 9.97 Å². The molecule has 0 spiro atoms. The highest BCUT2D eigenvalue weighted by Gasteiger charge is 2.11. The molecule has 1 aromatic carbocycles. The number of methoxy groups -OCH3 is 1. The fourth-order valence-corrected chi connectivity index (χ4v) is 1.64. The molecule has 0 fully saturated rings. The molecule has 1 aromatic heterocycles. The molecular formula is C13H13ClN2O2. The SMILES string of the molecule is COc1ccccc1Oc1nc(C)c(C)nc1Cl. The van der Waals surface area contributed by atoms with E-state index in [1.54, 1.807) is 19.2 Å². The monoisotopic (exact) mass is 264 g/mol. The van der Waals surface area contributed by atoms with E-state index in [-0.39, 0.29) is 11.0 Å². The summed E-state index contributed by atoms with van der Waals surface area (Å²) >= 11 is 6.01. The standard InChI is InChI=1S/C13H13ClN2O2/c1-8-9(2)16-13(12(14)15-8)18-11-7-5-4-6-10(11)17-3/h4-7H,1-3H3. The van der Waals surface area contributed by atoms with Gasteiger partial charge in [0.05, 0.1) is 18.5 Å². The van der Waals surface area contributed by atoms with Crippen molar-refractivity contribution < 1.29 is 9.47 Å². The van der Waals surface area contributed by atoms with Crippen LogP contribution < -0.4 is 9.47 Å². The van der Waals surface area contributed by atoms with Crippen molar-refractivity contribution in [1.29, 1.82) is 0 Å². The molecule has 0 radical (unpaired) electrons. The zero-order chi connectivity index (χ0) is 13.1. The number of benzene rings is 1. The first-order valence-electron chi connectivity index (χ1n) is 5.43. The maximum absolute atomic E-state index is 6.01. The van der Waals surface area contributed by atoms with Crippen LogP contribution in [0.15, 0.2) is 24.3 Å². The van der Waals surface area contributed by atoms with Crippen LogP contribution in [0.3, 0.4) is 0 Å². The van der Waals surface area contributed by atoms with Gasteiger partial charge in [0.2, 0.25) is 0 Å². The minimum atomic E-state index is 0.240. The highest BCUT2D eigenvalue weighted by atomic mass is 35.5. The fraction of sp³-hybridized carbons (Fsp3) is 0.231. The van der Waals surface area contributed by atoms with Crippen LogP contribution in [0.25, 0.3) is 0 Å². The molecule has 0 bridgehead atoms. The predicted octanol–water partition coefficient (Wildman–Crippen LogP) is 3.55. The van der Waals surface area contributed by atoms with Crippen molar-refractivity contribution >= 4 is 11.6 Å². The Hall–Kier alpha value is -1.81. The molecule has 18 heavy (non-hydrogen) atoms. The molecule has 1 heterocycles. The predicted molar refractivity (Wildman–Crippen MR) is 69.6 cm³/mol. The molecular weight excluding hydrogens is 252 g/mol. The van der Waals surface area contributed by atoms with Crippen LogP contribution in [-0.2, 0) is 0 Å². The Morgan fingerprint density at radius 2 is 1.61 bits per heavy atom. The van der Waals surface area contributed by atoms with E-state index in [1.807, 2.05) is 26.0 Å². The molecule has 2 aromatic rings. The molecule has 94 valence electrons. The maximum atomic E-state index is 6.01. The van der Waals surface area contributed by atoms with Crippen LogP contribution in [0, 0.1) is 13.8 Å². The van der Waals surface area contributed by atoms with E-state index in [0.29, 0.717) is 11.5 Å². The first kappa shape index (κ1) is 12.6. The minimum Gasteiger partial charge on any atom is -0.493 e. The normalized spacial score (nSPS) is 10.2. The second-order valence-corrected chi connectivity index (χ2v) is 4.10. The number of para-hydroxylation sites is 2. The van der Waals surface area contributed by atoms with Crippen LogP contribution in [0.2, 0.25) is 5.15 Å². The lowest BCUT2D eigenvalue weighted by Gasteiger charge is -2.11. The van der Waals surface area contributed by atoms with E-state index in [4.69, 9.17) is 21.1 Å². The van der Waals surface area contributed by atoms with Gasteiger partial charge in [0.25, 0.3) is 5.88 Å². The van der Waals surface area contributed by atoms with E-state index in [0.717, 1.165) is 11.4 Å². The first-order chi connectivity index (χ1) is 8.61. The molecule has 0 N–H and O–H groups in total. The summed E-state index contributed by atoms with van der Waals surface area (Å²) in [5.74, 6) is 1.46. The van der Waals surface area contributed by atoms with Gasteiger partial charge in [-0.15, -0.1) is 0 Å². The largest absolute Gasteiger partial charge is 0.493 e. The van der Waals surface area contributed by atoms with Crippen molar-refractivity contribution in [2.45, 2.75) is 13.8 Å². The van der Waals surface area contributed by atoms with E-state index in [2.05, 4.69) is 9.97 Å².